The summed E-state index contributed by atoms with van der Waals surface area (Å²) in [4.78, 5) is 55.3. The first-order chi connectivity index (χ1) is 32.2. The van der Waals surface area contributed by atoms with E-state index >= 15 is 0 Å². The highest BCUT2D eigenvalue weighted by atomic mass is 79.9. The number of aromatic nitrogens is 4. The Balaban J connectivity index is 0.805. The summed E-state index contributed by atoms with van der Waals surface area (Å²) in [6, 6.07) is 30.5. The molecule has 4 N–H and O–H groups in total. The summed E-state index contributed by atoms with van der Waals surface area (Å²) in [5, 5.41) is 32.3. The number of hydrogen-bond acceptors (Lipinski definition) is 11. The Morgan fingerprint density at radius 2 is 1.82 bits per heavy atom. The molecule has 3 aromatic heterocycles. The molecule has 0 saturated heterocycles. The van der Waals surface area contributed by atoms with Gasteiger partial charge in [0.05, 0.1) is 29.0 Å². The van der Waals surface area contributed by atoms with E-state index in [-0.39, 0.29) is 54.8 Å². The second-order valence-electron chi connectivity index (χ2n) is 15.0. The molecule has 19 heteroatoms. The van der Waals surface area contributed by atoms with Crippen molar-refractivity contribution in [3.05, 3.63) is 151 Å². The van der Waals surface area contributed by atoms with Crippen LogP contribution in [0.4, 0.5) is 11.4 Å². The van der Waals surface area contributed by atoms with Gasteiger partial charge < -0.3 is 30.3 Å². The normalized spacial score (nSPS) is 13.0. The summed E-state index contributed by atoms with van der Waals surface area (Å²) in [7, 11) is 0. The minimum Gasteiger partial charge on any atom is -0.494 e. The van der Waals surface area contributed by atoms with Gasteiger partial charge in [0.15, 0.2) is 5.88 Å². The van der Waals surface area contributed by atoms with Gasteiger partial charge in [-0.2, -0.15) is 0 Å². The zero-order valence-electron chi connectivity index (χ0n) is 35.1. The second kappa shape index (κ2) is 21.6. The number of oxime groups is 1. The molecule has 338 valence electrons. The SMILES string of the molecule is O=C(CCn1cc(COc2ccc(N(C(=O)CCl)C(C(=O)NCCc3ccccc3)c3cccs3)cc2Cl)nn1)NCCCO/N=C1/C(c2c(O)[nH]c3ccc(Br)cc23)=Nc2ccccc21. The third-order valence-electron chi connectivity index (χ3n) is 10.5. The number of anilines is 1. The standard InChI is InChI=1S/C47H42BrCl2N9O6S/c48-30-13-15-37-34(24-30)42(46(62)54-37)44-43(33-10-4-5-11-36(33)53-44)56-65-22-7-19-51-40(60)18-21-58-27-31(55-57-58)28-64-38-16-14-32(25-35(38)50)59(41(61)26-49)45(39-12-6-23-66-39)47(63)52-20-17-29-8-2-1-3-9-29/h1-6,8-16,23-25,27,45,54,62H,7,17-22,26,28H2,(H,51,60)(H,52,63)/b56-43+. The first-order valence-corrected chi connectivity index (χ1v) is 23.5. The fourth-order valence-electron chi connectivity index (χ4n) is 7.32. The maximum Gasteiger partial charge on any atom is 0.248 e. The number of H-pyrrole nitrogens is 1. The number of halogens is 3. The van der Waals surface area contributed by atoms with Crippen molar-refractivity contribution in [1.82, 2.24) is 30.6 Å². The minimum absolute atomic E-state index is 0.0163. The molecule has 66 heavy (non-hydrogen) atoms. The smallest absolute Gasteiger partial charge is 0.248 e. The molecule has 0 saturated carbocycles. The van der Waals surface area contributed by atoms with E-state index in [1.54, 1.807) is 35.1 Å². The Bertz CT molecular complexity index is 2910. The third-order valence-corrected chi connectivity index (χ3v) is 12.4. The van der Waals surface area contributed by atoms with Gasteiger partial charge in [-0.1, -0.05) is 92.5 Å². The van der Waals surface area contributed by atoms with Crippen molar-refractivity contribution in [2.45, 2.75) is 38.5 Å². The summed E-state index contributed by atoms with van der Waals surface area (Å²) in [5.41, 5.74) is 5.74. The molecule has 4 heterocycles. The number of para-hydroxylation sites is 1. The molecule has 7 aromatic rings. The third kappa shape index (κ3) is 10.9. The maximum absolute atomic E-state index is 13.7. The Kier molecular flexibility index (Phi) is 15.1. The van der Waals surface area contributed by atoms with Crippen LogP contribution < -0.4 is 20.3 Å². The summed E-state index contributed by atoms with van der Waals surface area (Å²) >= 11 is 17.7. The predicted molar refractivity (Wildman–Crippen MR) is 259 cm³/mol. The lowest BCUT2D eigenvalue weighted by atomic mass is 10.0. The average Bonchev–Trinajstić information content (AvgIpc) is 4.15. The molecule has 0 spiro atoms. The van der Waals surface area contributed by atoms with Gasteiger partial charge in [0.1, 0.15) is 48.0 Å². The van der Waals surface area contributed by atoms with E-state index in [0.29, 0.717) is 64.9 Å². The van der Waals surface area contributed by atoms with Crippen LogP contribution in [0, 0.1) is 0 Å². The van der Waals surface area contributed by atoms with Gasteiger partial charge in [0, 0.05) is 57.4 Å². The topological polar surface area (TPSA) is 188 Å². The molecule has 1 unspecified atom stereocenters. The second-order valence-corrected chi connectivity index (χ2v) is 17.5. The number of aromatic hydroxyl groups is 1. The lowest BCUT2D eigenvalue weighted by Gasteiger charge is -2.30. The van der Waals surface area contributed by atoms with E-state index in [2.05, 4.69) is 47.0 Å². The highest BCUT2D eigenvalue weighted by Crippen LogP contribution is 2.38. The lowest BCUT2D eigenvalue weighted by Crippen LogP contribution is -2.44. The number of rotatable bonds is 20. The number of hydrogen-bond donors (Lipinski definition) is 4. The molecule has 1 aliphatic rings. The monoisotopic (exact) mass is 1010 g/mol. The Labute approximate surface area is 401 Å². The largest absolute Gasteiger partial charge is 0.494 e. The van der Waals surface area contributed by atoms with Crippen LogP contribution in [-0.4, -0.2) is 79.8 Å². The van der Waals surface area contributed by atoms with Crippen molar-refractivity contribution in [1.29, 1.82) is 0 Å². The van der Waals surface area contributed by atoms with Crippen LogP contribution in [-0.2, 0) is 38.8 Å². The molecule has 8 rings (SSSR count). The first-order valence-electron chi connectivity index (χ1n) is 20.9. The Morgan fingerprint density at radius 1 is 0.985 bits per heavy atom. The number of carbonyl (C=O) groups excluding carboxylic acids is 3. The fourth-order valence-corrected chi connectivity index (χ4v) is 8.86. The van der Waals surface area contributed by atoms with Gasteiger partial charge in [-0.25, -0.2) is 4.99 Å². The van der Waals surface area contributed by atoms with Crippen LogP contribution in [0.15, 0.2) is 129 Å². The molecule has 0 fully saturated rings. The van der Waals surface area contributed by atoms with Gasteiger partial charge in [-0.05, 0) is 65.9 Å². The number of nitrogens with one attached hydrogen (secondary N) is 3. The number of aliphatic imine (C=N–C) groups is 1. The van der Waals surface area contributed by atoms with Gasteiger partial charge in [0.25, 0.3) is 0 Å². The molecule has 0 aliphatic carbocycles. The fraction of sp³-hybridized carbons (Fsp3) is 0.213. The van der Waals surface area contributed by atoms with Crippen LogP contribution in [0.2, 0.25) is 5.02 Å². The molecule has 1 aliphatic heterocycles. The van der Waals surface area contributed by atoms with Gasteiger partial charge >= 0.3 is 0 Å². The zero-order valence-corrected chi connectivity index (χ0v) is 39.0. The van der Waals surface area contributed by atoms with E-state index < -0.39 is 11.9 Å². The van der Waals surface area contributed by atoms with E-state index in [1.165, 1.54) is 16.2 Å². The minimum atomic E-state index is -0.982. The van der Waals surface area contributed by atoms with Crippen LogP contribution in [0.3, 0.4) is 0 Å². The van der Waals surface area contributed by atoms with Crippen molar-refractivity contribution in [3.8, 4) is 11.6 Å². The number of thiophene rings is 1. The zero-order chi connectivity index (χ0) is 46.0. The quantitative estimate of drug-likeness (QED) is 0.0332. The van der Waals surface area contributed by atoms with E-state index in [9.17, 15) is 19.5 Å². The summed E-state index contributed by atoms with van der Waals surface area (Å²) < 4.78 is 8.38. The number of amides is 3. The van der Waals surface area contributed by atoms with Crippen LogP contribution in [0.1, 0.15) is 46.1 Å². The van der Waals surface area contributed by atoms with E-state index in [1.807, 2.05) is 84.2 Å². The lowest BCUT2D eigenvalue weighted by molar-refractivity contribution is -0.125. The van der Waals surface area contributed by atoms with Gasteiger partial charge in [-0.3, -0.25) is 24.0 Å². The predicted octanol–water partition coefficient (Wildman–Crippen LogP) is 8.65. The van der Waals surface area contributed by atoms with Crippen molar-refractivity contribution in [2.24, 2.45) is 10.1 Å². The van der Waals surface area contributed by atoms with Gasteiger partial charge in [-0.15, -0.1) is 28.0 Å². The number of carbonyl (C=O) groups is 3. The van der Waals surface area contributed by atoms with Crippen LogP contribution >= 0.6 is 50.5 Å². The van der Waals surface area contributed by atoms with Crippen molar-refractivity contribution >= 4 is 102 Å². The molecular weight excluding hydrogens is 969 g/mol. The van der Waals surface area contributed by atoms with Crippen LogP contribution in [0.25, 0.3) is 10.9 Å². The van der Waals surface area contributed by atoms with Crippen molar-refractivity contribution in [3.63, 3.8) is 0 Å². The number of aromatic amines is 1. The highest BCUT2D eigenvalue weighted by molar-refractivity contribution is 9.10. The molecule has 4 aromatic carbocycles. The highest BCUT2D eigenvalue weighted by Gasteiger charge is 2.34. The Morgan fingerprint density at radius 3 is 2.62 bits per heavy atom. The van der Waals surface area contributed by atoms with Gasteiger partial charge in [0.2, 0.25) is 17.7 Å². The number of benzene rings is 4. The molecular formula is C47H42BrCl2N9O6S. The molecule has 0 radical (unpaired) electrons. The summed E-state index contributed by atoms with van der Waals surface area (Å²) in [6.45, 7) is 1.29. The molecule has 0 bridgehead atoms. The number of nitrogens with zero attached hydrogens (tertiary/aromatic N) is 6. The summed E-state index contributed by atoms with van der Waals surface area (Å²) in [6.07, 6.45) is 2.96. The molecule has 15 nitrogen and oxygen atoms in total. The van der Waals surface area contributed by atoms with Crippen molar-refractivity contribution < 1.29 is 29.1 Å². The van der Waals surface area contributed by atoms with E-state index in [0.717, 1.165) is 32.2 Å². The number of alkyl halides is 1. The van der Waals surface area contributed by atoms with Crippen molar-refractivity contribution in [2.75, 3.05) is 30.5 Å². The number of aryl methyl sites for hydroxylation is 1. The van der Waals surface area contributed by atoms with E-state index in [4.69, 9.17) is 37.8 Å². The molecule has 3 amide bonds. The average molecular weight is 1010 g/mol. The summed E-state index contributed by atoms with van der Waals surface area (Å²) in [5.74, 6) is -1.04. The first kappa shape index (κ1) is 46.0. The van der Waals surface area contributed by atoms with Crippen LogP contribution in [0.5, 0.6) is 11.6 Å². The molecule has 1 atom stereocenters. The Hall–Kier alpha value is -6.53. The number of ether oxygens (including phenoxy) is 1. The number of fused-ring (bicyclic) bond motifs is 2. The maximum atomic E-state index is 13.7.